The summed E-state index contributed by atoms with van der Waals surface area (Å²) in [5.74, 6) is -0.481. The largest absolute Gasteiger partial charge is 0.361 e. The van der Waals surface area contributed by atoms with Crippen molar-refractivity contribution in [3.05, 3.63) is 78.1 Å². The third kappa shape index (κ3) is 7.90. The van der Waals surface area contributed by atoms with Crippen molar-refractivity contribution in [1.29, 1.82) is 0 Å². The minimum atomic E-state index is -0.545. The molecule has 1 unspecified atom stereocenters. The van der Waals surface area contributed by atoms with Crippen LogP contribution in [0.25, 0.3) is 0 Å². The maximum absolute atomic E-state index is 13.2. The molecule has 0 saturated carbocycles. The number of hydrogen-bond acceptors (Lipinski definition) is 5. The van der Waals surface area contributed by atoms with Gasteiger partial charge in [-0.05, 0) is 56.3 Å². The van der Waals surface area contributed by atoms with Gasteiger partial charge in [0.1, 0.15) is 11.9 Å². The van der Waals surface area contributed by atoms with E-state index >= 15 is 0 Å². The molecule has 5 nitrogen and oxygen atoms in total. The number of nitrogens with one attached hydrogen (secondary N) is 3. The standard InChI is InChI=1S/C20H25FN4O.C2H6/c1-23-20(18(10-12-22)25-16-7-3-2-4-8-16)19(26)11-13-24-17-9-5-6-15(21)14-17;1-2/h2-3,5-7,9-11,13-14,20,23-25H,4,8,12,22H2,1H3;1-2H3/b13-11-,18-10-;. The quantitative estimate of drug-likeness (QED) is 0.488. The Kier molecular flexibility index (Phi) is 11.2. The van der Waals surface area contributed by atoms with Crippen LogP contribution in [-0.2, 0) is 4.79 Å². The molecule has 1 aliphatic carbocycles. The van der Waals surface area contributed by atoms with Crippen LogP contribution in [0.3, 0.4) is 0 Å². The van der Waals surface area contributed by atoms with Gasteiger partial charge in [0.2, 0.25) is 0 Å². The zero-order valence-corrected chi connectivity index (χ0v) is 16.8. The van der Waals surface area contributed by atoms with Gasteiger partial charge in [0.05, 0.1) is 0 Å². The van der Waals surface area contributed by atoms with Crippen LogP contribution in [0.1, 0.15) is 26.7 Å². The van der Waals surface area contributed by atoms with Crippen LogP contribution in [0.4, 0.5) is 10.1 Å². The number of halogens is 1. The van der Waals surface area contributed by atoms with Gasteiger partial charge in [0.15, 0.2) is 5.78 Å². The number of allylic oxidation sites excluding steroid dienone is 4. The fourth-order valence-corrected chi connectivity index (χ4v) is 2.61. The number of hydrogen-bond donors (Lipinski definition) is 4. The number of benzene rings is 1. The van der Waals surface area contributed by atoms with Crippen LogP contribution in [0, 0.1) is 5.82 Å². The van der Waals surface area contributed by atoms with Crippen molar-refractivity contribution in [3.63, 3.8) is 0 Å². The summed E-state index contributed by atoms with van der Waals surface area (Å²) in [5, 5.41) is 9.22. The van der Waals surface area contributed by atoms with Crippen LogP contribution in [0.15, 0.2) is 72.2 Å². The van der Waals surface area contributed by atoms with Gasteiger partial charge in [-0.1, -0.05) is 32.1 Å². The minimum absolute atomic E-state index is 0.143. The van der Waals surface area contributed by atoms with Gasteiger partial charge in [-0.3, -0.25) is 4.79 Å². The molecule has 152 valence electrons. The molecule has 0 saturated heterocycles. The van der Waals surface area contributed by atoms with E-state index in [2.05, 4.69) is 22.0 Å². The van der Waals surface area contributed by atoms with Crippen molar-refractivity contribution in [1.82, 2.24) is 10.6 Å². The third-order valence-electron chi connectivity index (χ3n) is 3.86. The second-order valence-electron chi connectivity index (χ2n) is 5.79. The molecule has 0 heterocycles. The number of rotatable bonds is 9. The second-order valence-corrected chi connectivity index (χ2v) is 5.79. The van der Waals surface area contributed by atoms with Crippen LogP contribution < -0.4 is 21.7 Å². The Labute approximate surface area is 167 Å². The first-order valence-corrected chi connectivity index (χ1v) is 9.56. The average Bonchev–Trinajstić information content (AvgIpc) is 2.71. The molecule has 0 aliphatic heterocycles. The number of carbonyl (C=O) groups is 1. The molecule has 0 amide bonds. The molecule has 2 rings (SSSR count). The van der Waals surface area contributed by atoms with Crippen molar-refractivity contribution in [2.24, 2.45) is 5.73 Å². The topological polar surface area (TPSA) is 79.2 Å². The Hall–Kier alpha value is -2.70. The Morgan fingerprint density at radius 1 is 1.36 bits per heavy atom. The lowest BCUT2D eigenvalue weighted by Crippen LogP contribution is -2.40. The number of ketones is 1. The Morgan fingerprint density at radius 2 is 2.14 bits per heavy atom. The first-order valence-electron chi connectivity index (χ1n) is 9.56. The molecule has 5 N–H and O–H groups in total. The molecule has 1 atom stereocenters. The van der Waals surface area contributed by atoms with Gasteiger partial charge in [-0.2, -0.15) is 0 Å². The summed E-state index contributed by atoms with van der Waals surface area (Å²) in [6.07, 6.45) is 12.7. The van der Waals surface area contributed by atoms with Crippen molar-refractivity contribution < 1.29 is 9.18 Å². The molecule has 0 fully saturated rings. The van der Waals surface area contributed by atoms with Crippen molar-refractivity contribution in [3.8, 4) is 0 Å². The average molecular weight is 387 g/mol. The zero-order chi connectivity index (χ0) is 20.8. The highest BCUT2D eigenvalue weighted by Crippen LogP contribution is 2.13. The molecule has 28 heavy (non-hydrogen) atoms. The first kappa shape index (κ1) is 23.3. The lowest BCUT2D eigenvalue weighted by Gasteiger charge is -2.22. The summed E-state index contributed by atoms with van der Waals surface area (Å²) in [7, 11) is 1.72. The molecule has 1 aliphatic rings. The van der Waals surface area contributed by atoms with E-state index in [4.69, 9.17) is 5.73 Å². The van der Waals surface area contributed by atoms with Crippen LogP contribution >= 0.6 is 0 Å². The lowest BCUT2D eigenvalue weighted by atomic mass is 10.1. The third-order valence-corrected chi connectivity index (χ3v) is 3.86. The molecule has 6 heteroatoms. The molecule has 0 spiro atoms. The highest BCUT2D eigenvalue weighted by Gasteiger charge is 2.19. The van der Waals surface area contributed by atoms with Crippen molar-refractivity contribution >= 4 is 11.5 Å². The fraction of sp³-hybridized carbons (Fsp3) is 0.318. The zero-order valence-electron chi connectivity index (χ0n) is 16.8. The molecule has 0 aromatic heterocycles. The molecule has 1 aromatic carbocycles. The summed E-state index contributed by atoms with van der Waals surface area (Å²) >= 11 is 0. The molecular formula is C22H31FN4O. The van der Waals surface area contributed by atoms with Crippen LogP contribution in [0.2, 0.25) is 0 Å². The smallest absolute Gasteiger partial charge is 0.180 e. The van der Waals surface area contributed by atoms with Gasteiger partial charge >= 0.3 is 0 Å². The summed E-state index contributed by atoms with van der Waals surface area (Å²) < 4.78 is 13.2. The maximum Gasteiger partial charge on any atom is 0.180 e. The van der Waals surface area contributed by atoms with E-state index in [9.17, 15) is 9.18 Å². The number of likely N-dealkylation sites (N-methyl/N-ethyl adjacent to an activating group) is 1. The lowest BCUT2D eigenvalue weighted by molar-refractivity contribution is -0.115. The van der Waals surface area contributed by atoms with Gasteiger partial charge in [0, 0.05) is 29.8 Å². The van der Waals surface area contributed by atoms with E-state index in [-0.39, 0.29) is 11.6 Å². The Bertz CT molecular complexity index is 738. The SMILES string of the molecule is CC.CNC(C(=O)/C=C\Nc1cccc(F)c1)/C(=C/CN)NC1=CC=CCC1. The van der Waals surface area contributed by atoms with Crippen LogP contribution in [-0.4, -0.2) is 25.4 Å². The van der Waals surface area contributed by atoms with Gasteiger partial charge in [-0.15, -0.1) is 0 Å². The van der Waals surface area contributed by atoms with E-state index in [0.717, 1.165) is 24.2 Å². The molecule has 0 bridgehead atoms. The Balaban J connectivity index is 0.00000190. The van der Waals surface area contributed by atoms with E-state index < -0.39 is 6.04 Å². The highest BCUT2D eigenvalue weighted by atomic mass is 19.1. The Morgan fingerprint density at radius 3 is 2.75 bits per heavy atom. The number of nitrogens with two attached hydrogens (primary N) is 1. The summed E-state index contributed by atoms with van der Waals surface area (Å²) in [5.41, 5.74) is 8.00. The normalized spacial score (nSPS) is 14.8. The van der Waals surface area contributed by atoms with E-state index in [1.807, 2.05) is 26.0 Å². The van der Waals surface area contributed by atoms with Crippen LogP contribution in [0.5, 0.6) is 0 Å². The van der Waals surface area contributed by atoms with E-state index in [1.54, 1.807) is 25.3 Å². The van der Waals surface area contributed by atoms with E-state index in [0.29, 0.717) is 12.2 Å². The van der Waals surface area contributed by atoms with Gasteiger partial charge in [0.25, 0.3) is 0 Å². The fourth-order valence-electron chi connectivity index (χ4n) is 2.61. The number of carbonyl (C=O) groups excluding carboxylic acids is 1. The van der Waals surface area contributed by atoms with Gasteiger partial charge in [-0.25, -0.2) is 4.39 Å². The van der Waals surface area contributed by atoms with E-state index in [1.165, 1.54) is 24.4 Å². The van der Waals surface area contributed by atoms with Crippen molar-refractivity contribution in [2.45, 2.75) is 32.7 Å². The summed E-state index contributed by atoms with van der Waals surface area (Å²) in [4.78, 5) is 12.6. The second kappa shape index (κ2) is 13.5. The van der Waals surface area contributed by atoms with Crippen molar-refractivity contribution in [2.75, 3.05) is 18.9 Å². The predicted octanol–water partition coefficient (Wildman–Crippen LogP) is 3.60. The molecular weight excluding hydrogens is 355 g/mol. The monoisotopic (exact) mass is 386 g/mol. The molecule has 1 aromatic rings. The first-order chi connectivity index (χ1) is 13.6. The number of anilines is 1. The molecule has 0 radical (unpaired) electrons. The highest BCUT2D eigenvalue weighted by molar-refractivity contribution is 5.96. The minimum Gasteiger partial charge on any atom is -0.361 e. The van der Waals surface area contributed by atoms with Gasteiger partial charge < -0.3 is 21.7 Å². The predicted molar refractivity (Wildman–Crippen MR) is 115 cm³/mol. The summed E-state index contributed by atoms with van der Waals surface area (Å²) in [6.45, 7) is 4.32. The summed E-state index contributed by atoms with van der Waals surface area (Å²) in [6, 6.07) is 5.49. The maximum atomic E-state index is 13.2.